The topological polar surface area (TPSA) is 58.0 Å². The van der Waals surface area contributed by atoms with E-state index >= 15 is 0 Å². The minimum Gasteiger partial charge on any atom is -0.395 e. The van der Waals surface area contributed by atoms with Crippen molar-refractivity contribution < 1.29 is 5.11 Å². The van der Waals surface area contributed by atoms with Gasteiger partial charge >= 0.3 is 0 Å². The Balaban J connectivity index is 2.42. The van der Waals surface area contributed by atoms with Crippen molar-refractivity contribution in [3.8, 4) is 0 Å². The van der Waals surface area contributed by atoms with Crippen LogP contribution in [-0.4, -0.2) is 28.5 Å². The molecule has 0 bridgehead atoms. The Morgan fingerprint density at radius 3 is 2.90 bits per heavy atom. The van der Waals surface area contributed by atoms with Crippen LogP contribution < -0.4 is 5.32 Å². The number of halogens is 1. The van der Waals surface area contributed by atoms with Gasteiger partial charge in [0.15, 0.2) is 3.92 Å². The SMILES string of the molecule is OCCNc1nnc(Br)s1. The van der Waals surface area contributed by atoms with Crippen LogP contribution in [0.3, 0.4) is 0 Å². The molecule has 4 nitrogen and oxygen atoms in total. The van der Waals surface area contributed by atoms with E-state index in [1.54, 1.807) is 0 Å². The predicted molar refractivity (Wildman–Crippen MR) is 43.2 cm³/mol. The average molecular weight is 224 g/mol. The smallest absolute Gasteiger partial charge is 0.206 e. The van der Waals surface area contributed by atoms with E-state index in [1.165, 1.54) is 11.3 Å². The van der Waals surface area contributed by atoms with Crippen molar-refractivity contribution in [1.82, 2.24) is 10.2 Å². The van der Waals surface area contributed by atoms with Crippen LogP contribution in [0.5, 0.6) is 0 Å². The lowest BCUT2D eigenvalue weighted by Crippen LogP contribution is -2.04. The van der Waals surface area contributed by atoms with E-state index in [-0.39, 0.29) is 6.61 Å². The Morgan fingerprint density at radius 2 is 2.40 bits per heavy atom. The molecule has 0 amide bonds. The molecule has 1 rings (SSSR count). The Kier molecular flexibility index (Phi) is 3.04. The predicted octanol–water partition coefficient (Wildman–Crippen LogP) is 0.705. The van der Waals surface area contributed by atoms with Crippen LogP contribution in [0.15, 0.2) is 3.92 Å². The highest BCUT2D eigenvalue weighted by atomic mass is 79.9. The molecule has 0 fully saturated rings. The molecule has 1 aromatic heterocycles. The highest BCUT2D eigenvalue weighted by molar-refractivity contribution is 9.11. The van der Waals surface area contributed by atoms with Crippen molar-refractivity contribution in [1.29, 1.82) is 0 Å². The third-order valence-electron chi connectivity index (χ3n) is 0.788. The molecule has 0 saturated carbocycles. The van der Waals surface area contributed by atoms with Crippen molar-refractivity contribution in [2.24, 2.45) is 0 Å². The molecular weight excluding hydrogens is 218 g/mol. The van der Waals surface area contributed by atoms with Crippen LogP contribution in [-0.2, 0) is 0 Å². The van der Waals surface area contributed by atoms with Crippen molar-refractivity contribution >= 4 is 32.4 Å². The van der Waals surface area contributed by atoms with E-state index in [9.17, 15) is 0 Å². The number of rotatable bonds is 3. The number of hydrogen-bond donors (Lipinski definition) is 2. The highest BCUT2D eigenvalue weighted by Crippen LogP contribution is 2.19. The van der Waals surface area contributed by atoms with E-state index in [1.807, 2.05) is 0 Å². The molecule has 0 aliphatic carbocycles. The van der Waals surface area contributed by atoms with Crippen molar-refractivity contribution in [2.45, 2.75) is 0 Å². The molecule has 0 atom stereocenters. The fourth-order valence-corrected chi connectivity index (χ4v) is 1.48. The molecule has 0 unspecified atom stereocenters. The van der Waals surface area contributed by atoms with Crippen LogP contribution in [0.4, 0.5) is 5.13 Å². The fourth-order valence-electron chi connectivity index (χ4n) is 0.440. The Morgan fingerprint density at radius 1 is 1.60 bits per heavy atom. The van der Waals surface area contributed by atoms with Crippen LogP contribution in [0.25, 0.3) is 0 Å². The molecule has 0 radical (unpaired) electrons. The lowest BCUT2D eigenvalue weighted by molar-refractivity contribution is 0.311. The molecular formula is C4H6BrN3OS. The number of aromatic nitrogens is 2. The van der Waals surface area contributed by atoms with Gasteiger partial charge in [-0.05, 0) is 15.9 Å². The van der Waals surface area contributed by atoms with E-state index in [2.05, 4.69) is 31.4 Å². The average Bonchev–Trinajstić information content (AvgIpc) is 2.31. The summed E-state index contributed by atoms with van der Waals surface area (Å²) >= 11 is 4.57. The molecule has 56 valence electrons. The molecule has 0 aliphatic heterocycles. The first-order valence-electron chi connectivity index (χ1n) is 2.66. The quantitative estimate of drug-likeness (QED) is 0.793. The third-order valence-corrected chi connectivity index (χ3v) is 2.10. The summed E-state index contributed by atoms with van der Waals surface area (Å²) in [5.41, 5.74) is 0. The molecule has 2 N–H and O–H groups in total. The molecule has 10 heavy (non-hydrogen) atoms. The number of aliphatic hydroxyl groups excluding tert-OH is 1. The number of hydrogen-bond acceptors (Lipinski definition) is 5. The van der Waals surface area contributed by atoms with Gasteiger partial charge in [0.25, 0.3) is 0 Å². The van der Waals surface area contributed by atoms with Gasteiger partial charge in [0.2, 0.25) is 5.13 Å². The van der Waals surface area contributed by atoms with E-state index in [0.717, 1.165) is 9.05 Å². The lowest BCUT2D eigenvalue weighted by atomic mass is 10.7. The van der Waals surface area contributed by atoms with Gasteiger partial charge in [0.1, 0.15) is 0 Å². The summed E-state index contributed by atoms with van der Waals surface area (Å²) in [4.78, 5) is 0. The van der Waals surface area contributed by atoms with Gasteiger partial charge in [0.05, 0.1) is 6.61 Å². The molecule has 0 aromatic carbocycles. The second kappa shape index (κ2) is 3.85. The van der Waals surface area contributed by atoms with Crippen LogP contribution in [0, 0.1) is 0 Å². The van der Waals surface area contributed by atoms with Crippen LogP contribution in [0.2, 0.25) is 0 Å². The minimum absolute atomic E-state index is 0.108. The summed E-state index contributed by atoms with van der Waals surface area (Å²) < 4.78 is 0.743. The molecule has 0 saturated heterocycles. The van der Waals surface area contributed by atoms with Gasteiger partial charge in [-0.2, -0.15) is 0 Å². The number of aliphatic hydroxyl groups is 1. The molecule has 1 heterocycles. The number of anilines is 1. The maximum Gasteiger partial charge on any atom is 0.206 e. The Bertz CT molecular complexity index is 204. The summed E-state index contributed by atoms with van der Waals surface area (Å²) in [5.74, 6) is 0. The van der Waals surface area contributed by atoms with Gasteiger partial charge in [-0.15, -0.1) is 10.2 Å². The zero-order chi connectivity index (χ0) is 7.40. The van der Waals surface area contributed by atoms with Gasteiger partial charge in [-0.1, -0.05) is 11.3 Å². The van der Waals surface area contributed by atoms with Crippen molar-refractivity contribution in [3.05, 3.63) is 3.92 Å². The van der Waals surface area contributed by atoms with Gasteiger partial charge in [-0.25, -0.2) is 0 Å². The largest absolute Gasteiger partial charge is 0.395 e. The van der Waals surface area contributed by atoms with Crippen LogP contribution in [0.1, 0.15) is 0 Å². The maximum atomic E-state index is 8.42. The second-order valence-electron chi connectivity index (χ2n) is 1.51. The van der Waals surface area contributed by atoms with E-state index in [4.69, 9.17) is 5.11 Å². The maximum absolute atomic E-state index is 8.42. The Hall–Kier alpha value is -0.200. The van der Waals surface area contributed by atoms with Crippen LogP contribution >= 0.6 is 27.3 Å². The first kappa shape index (κ1) is 7.90. The summed E-state index contributed by atoms with van der Waals surface area (Å²) in [5, 5.41) is 19.5. The molecule has 0 spiro atoms. The number of nitrogens with zero attached hydrogens (tertiary/aromatic N) is 2. The zero-order valence-corrected chi connectivity index (χ0v) is 7.44. The normalized spacial score (nSPS) is 9.80. The molecule has 1 aromatic rings. The zero-order valence-electron chi connectivity index (χ0n) is 5.04. The van der Waals surface area contributed by atoms with E-state index in [0.29, 0.717) is 6.54 Å². The first-order chi connectivity index (χ1) is 4.83. The summed E-state index contributed by atoms with van der Waals surface area (Å²) in [6, 6.07) is 0. The summed E-state index contributed by atoms with van der Waals surface area (Å²) in [6.45, 7) is 0.624. The van der Waals surface area contributed by atoms with Crippen molar-refractivity contribution in [2.75, 3.05) is 18.5 Å². The van der Waals surface area contributed by atoms with Gasteiger partial charge in [-0.3, -0.25) is 0 Å². The van der Waals surface area contributed by atoms with Gasteiger partial charge in [0, 0.05) is 6.54 Å². The molecule has 0 aliphatic rings. The number of nitrogens with one attached hydrogen (secondary N) is 1. The second-order valence-corrected chi connectivity index (χ2v) is 3.76. The Labute approximate surface area is 70.4 Å². The van der Waals surface area contributed by atoms with Gasteiger partial charge < -0.3 is 10.4 Å². The minimum atomic E-state index is 0.108. The third kappa shape index (κ3) is 2.20. The standard InChI is InChI=1S/C4H6BrN3OS/c5-3-7-8-4(10-3)6-1-2-9/h9H,1-2H2,(H,6,8). The summed E-state index contributed by atoms with van der Waals surface area (Å²) in [6.07, 6.45) is 0. The fraction of sp³-hybridized carbons (Fsp3) is 0.500. The first-order valence-corrected chi connectivity index (χ1v) is 4.27. The lowest BCUT2D eigenvalue weighted by Gasteiger charge is -1.94. The van der Waals surface area contributed by atoms with E-state index < -0.39 is 0 Å². The van der Waals surface area contributed by atoms with Crippen molar-refractivity contribution in [3.63, 3.8) is 0 Å². The molecule has 6 heteroatoms. The highest BCUT2D eigenvalue weighted by Gasteiger charge is 1.97. The summed E-state index contributed by atoms with van der Waals surface area (Å²) in [7, 11) is 0. The monoisotopic (exact) mass is 223 g/mol.